The number of para-hydroxylation sites is 1. The molecule has 25 heavy (non-hydrogen) atoms. The maximum atomic E-state index is 12.4. The third kappa shape index (κ3) is 5.31. The van der Waals surface area contributed by atoms with Gasteiger partial charge in [0.15, 0.2) is 11.5 Å². The number of rotatable bonds is 7. The monoisotopic (exact) mass is 347 g/mol. The van der Waals surface area contributed by atoms with E-state index in [1.807, 2.05) is 30.3 Å². The van der Waals surface area contributed by atoms with Crippen LogP contribution in [0.4, 0.5) is 14.5 Å². The molecule has 0 saturated carbocycles. The normalized spacial score (nSPS) is 10.9. The van der Waals surface area contributed by atoms with Gasteiger partial charge in [0.05, 0.1) is 6.61 Å². The summed E-state index contributed by atoms with van der Waals surface area (Å²) in [5.74, 6) is -0.0485. The molecule has 0 spiro atoms. The van der Waals surface area contributed by atoms with E-state index >= 15 is 0 Å². The minimum absolute atomic E-state index is 0.0401. The molecule has 0 aliphatic heterocycles. The van der Waals surface area contributed by atoms with Gasteiger partial charge in [0.25, 0.3) is 5.91 Å². The van der Waals surface area contributed by atoms with E-state index in [2.05, 4.69) is 4.74 Å². The van der Waals surface area contributed by atoms with Gasteiger partial charge in [0.1, 0.15) is 0 Å². The lowest BCUT2D eigenvalue weighted by atomic mass is 10.2. The molecule has 0 saturated heterocycles. The molecule has 2 aromatic carbocycles. The highest BCUT2D eigenvalue weighted by Gasteiger charge is 2.11. The molecule has 2 rings (SSSR count). The number of nitrogens with zero attached hydrogens (tertiary/aromatic N) is 1. The van der Waals surface area contributed by atoms with Crippen LogP contribution < -0.4 is 14.4 Å². The van der Waals surface area contributed by atoms with E-state index in [0.29, 0.717) is 12.2 Å². The molecule has 0 fully saturated rings. The predicted molar refractivity (Wildman–Crippen MR) is 93.1 cm³/mol. The first-order valence-corrected chi connectivity index (χ1v) is 7.73. The zero-order valence-electron chi connectivity index (χ0n) is 14.0. The summed E-state index contributed by atoms with van der Waals surface area (Å²) in [5.41, 5.74) is 1.41. The highest BCUT2D eigenvalue weighted by Crippen LogP contribution is 2.30. The van der Waals surface area contributed by atoms with Gasteiger partial charge in [0.2, 0.25) is 0 Å². The second-order valence-corrected chi connectivity index (χ2v) is 5.08. The first-order valence-electron chi connectivity index (χ1n) is 7.73. The summed E-state index contributed by atoms with van der Waals surface area (Å²) in [6, 6.07) is 13.7. The lowest BCUT2D eigenvalue weighted by molar-refractivity contribution is -0.113. The Labute approximate surface area is 145 Å². The third-order valence-corrected chi connectivity index (χ3v) is 3.38. The Hall–Kier alpha value is -2.89. The molecule has 0 aromatic heterocycles. The molecule has 2 aromatic rings. The van der Waals surface area contributed by atoms with E-state index < -0.39 is 6.61 Å². The molecule has 0 radical (unpaired) electrons. The smallest absolute Gasteiger partial charge is 0.387 e. The van der Waals surface area contributed by atoms with E-state index in [0.717, 1.165) is 5.69 Å². The van der Waals surface area contributed by atoms with Crippen LogP contribution in [-0.4, -0.2) is 26.2 Å². The van der Waals surface area contributed by atoms with Crippen LogP contribution in [0, 0.1) is 0 Å². The predicted octanol–water partition coefficient (Wildman–Crippen LogP) is 4.36. The van der Waals surface area contributed by atoms with Gasteiger partial charge in [-0.3, -0.25) is 4.79 Å². The largest absolute Gasteiger partial charge is 0.490 e. The summed E-state index contributed by atoms with van der Waals surface area (Å²) in [6.07, 6.45) is 3.00. The number of amides is 1. The molecule has 0 aliphatic carbocycles. The third-order valence-electron chi connectivity index (χ3n) is 3.38. The minimum Gasteiger partial charge on any atom is -0.490 e. The fourth-order valence-electron chi connectivity index (χ4n) is 2.15. The van der Waals surface area contributed by atoms with E-state index in [-0.39, 0.29) is 17.4 Å². The summed E-state index contributed by atoms with van der Waals surface area (Å²) < 4.78 is 34.5. The molecule has 0 bridgehead atoms. The van der Waals surface area contributed by atoms with Crippen molar-refractivity contribution in [3.8, 4) is 11.5 Å². The van der Waals surface area contributed by atoms with Gasteiger partial charge in [-0.05, 0) is 42.8 Å². The number of carbonyl (C=O) groups is 1. The number of halogens is 2. The van der Waals surface area contributed by atoms with Crippen LogP contribution in [0.25, 0.3) is 6.08 Å². The number of anilines is 1. The summed E-state index contributed by atoms with van der Waals surface area (Å²) in [6.45, 7) is -0.878. The Morgan fingerprint density at radius 1 is 1.16 bits per heavy atom. The average Bonchev–Trinajstić information content (AvgIpc) is 2.61. The summed E-state index contributed by atoms with van der Waals surface area (Å²) >= 11 is 0. The van der Waals surface area contributed by atoms with Crippen molar-refractivity contribution in [3.63, 3.8) is 0 Å². The highest BCUT2D eigenvalue weighted by molar-refractivity contribution is 6.03. The van der Waals surface area contributed by atoms with E-state index in [1.54, 1.807) is 32.2 Å². The topological polar surface area (TPSA) is 38.8 Å². The van der Waals surface area contributed by atoms with Crippen LogP contribution in [0.1, 0.15) is 12.5 Å². The van der Waals surface area contributed by atoms with Gasteiger partial charge in [-0.2, -0.15) is 8.78 Å². The minimum atomic E-state index is -2.93. The van der Waals surface area contributed by atoms with Gasteiger partial charge in [-0.1, -0.05) is 24.3 Å². The molecule has 1 amide bonds. The fraction of sp³-hybridized carbons (Fsp3) is 0.211. The molecule has 0 heterocycles. The number of benzene rings is 2. The lowest BCUT2D eigenvalue weighted by Crippen LogP contribution is -2.23. The Morgan fingerprint density at radius 3 is 2.52 bits per heavy atom. The van der Waals surface area contributed by atoms with Crippen molar-refractivity contribution in [2.75, 3.05) is 18.6 Å². The van der Waals surface area contributed by atoms with E-state index in [1.165, 1.54) is 17.0 Å². The summed E-state index contributed by atoms with van der Waals surface area (Å²) in [7, 11) is 1.67. The zero-order chi connectivity index (χ0) is 18.2. The molecule has 0 unspecified atom stereocenters. The van der Waals surface area contributed by atoms with Crippen LogP contribution in [0.2, 0.25) is 0 Å². The van der Waals surface area contributed by atoms with E-state index in [9.17, 15) is 13.6 Å². The molecule has 0 aliphatic rings. The Bertz CT molecular complexity index is 733. The maximum Gasteiger partial charge on any atom is 0.387 e. The van der Waals surface area contributed by atoms with Crippen molar-refractivity contribution in [2.45, 2.75) is 13.5 Å². The summed E-state index contributed by atoms with van der Waals surface area (Å²) in [5, 5.41) is 0. The zero-order valence-corrected chi connectivity index (χ0v) is 14.0. The number of alkyl halides is 2. The second-order valence-electron chi connectivity index (χ2n) is 5.08. The number of ether oxygens (including phenoxy) is 2. The molecule has 0 atom stereocenters. The van der Waals surface area contributed by atoms with Crippen LogP contribution >= 0.6 is 0 Å². The SMILES string of the molecule is CCOc1cc(/C=C/C(=O)N(C)c2ccccc2)ccc1OC(F)F. The maximum absolute atomic E-state index is 12.4. The van der Waals surface area contributed by atoms with Gasteiger partial charge in [-0.25, -0.2) is 0 Å². The van der Waals surface area contributed by atoms with Gasteiger partial charge < -0.3 is 14.4 Å². The number of hydrogen-bond donors (Lipinski definition) is 0. The fourth-order valence-corrected chi connectivity index (χ4v) is 2.15. The molecular weight excluding hydrogens is 328 g/mol. The number of likely N-dealkylation sites (N-methyl/N-ethyl adjacent to an activating group) is 1. The molecule has 4 nitrogen and oxygen atoms in total. The second kappa shape index (κ2) is 8.82. The van der Waals surface area contributed by atoms with Crippen molar-refractivity contribution in [2.24, 2.45) is 0 Å². The van der Waals surface area contributed by atoms with Crippen LogP contribution in [0.3, 0.4) is 0 Å². The highest BCUT2D eigenvalue weighted by atomic mass is 19.3. The Kier molecular flexibility index (Phi) is 6.51. The Balaban J connectivity index is 2.14. The average molecular weight is 347 g/mol. The molecule has 132 valence electrons. The van der Waals surface area contributed by atoms with Crippen molar-refractivity contribution in [3.05, 3.63) is 60.2 Å². The quantitative estimate of drug-likeness (QED) is 0.699. The molecule has 6 heteroatoms. The molecule has 0 N–H and O–H groups in total. The first-order chi connectivity index (χ1) is 12.0. The lowest BCUT2D eigenvalue weighted by Gasteiger charge is -2.15. The molecular formula is C19H19F2NO3. The van der Waals surface area contributed by atoms with Gasteiger partial charge >= 0.3 is 6.61 Å². The van der Waals surface area contributed by atoms with Crippen molar-refractivity contribution in [1.82, 2.24) is 0 Å². The van der Waals surface area contributed by atoms with E-state index in [4.69, 9.17) is 4.74 Å². The van der Waals surface area contributed by atoms with Crippen LogP contribution in [0.15, 0.2) is 54.6 Å². The van der Waals surface area contributed by atoms with Gasteiger partial charge in [-0.15, -0.1) is 0 Å². The van der Waals surface area contributed by atoms with Crippen LogP contribution in [0.5, 0.6) is 11.5 Å². The van der Waals surface area contributed by atoms with Crippen molar-refractivity contribution in [1.29, 1.82) is 0 Å². The van der Waals surface area contributed by atoms with Crippen LogP contribution in [-0.2, 0) is 4.79 Å². The van der Waals surface area contributed by atoms with Crippen molar-refractivity contribution >= 4 is 17.7 Å². The first kappa shape index (κ1) is 18.4. The standard InChI is InChI=1S/C19H19F2NO3/c1-3-24-17-13-14(9-11-16(17)25-19(20)21)10-12-18(23)22(2)15-7-5-4-6-8-15/h4-13,19H,3H2,1-2H3/b12-10+. The van der Waals surface area contributed by atoms with Crippen molar-refractivity contribution < 1.29 is 23.0 Å². The summed E-state index contributed by atoms with van der Waals surface area (Å²) in [4.78, 5) is 13.7. The van der Waals surface area contributed by atoms with Gasteiger partial charge in [0, 0.05) is 18.8 Å². The number of carbonyl (C=O) groups excluding carboxylic acids is 1. The number of hydrogen-bond acceptors (Lipinski definition) is 3. The Morgan fingerprint density at radius 2 is 1.88 bits per heavy atom.